The lowest BCUT2D eigenvalue weighted by atomic mass is 9.95. The van der Waals surface area contributed by atoms with Crippen LogP contribution in [0.25, 0.3) is 0 Å². The number of nitrogens with zero attached hydrogens (tertiary/aromatic N) is 2. The lowest BCUT2D eigenvalue weighted by Gasteiger charge is -2.36. The topological polar surface area (TPSA) is 32.5 Å². The average Bonchev–Trinajstić information content (AvgIpc) is 2.40. The summed E-state index contributed by atoms with van der Waals surface area (Å²) in [4.78, 5) is 4.91. The zero-order valence-electron chi connectivity index (χ0n) is 11.6. The highest BCUT2D eigenvalue weighted by molar-refractivity contribution is 5.55. The summed E-state index contributed by atoms with van der Waals surface area (Å²) in [5.74, 6) is 0.547. The van der Waals surface area contributed by atoms with Gasteiger partial charge in [0.2, 0.25) is 0 Å². The van der Waals surface area contributed by atoms with Crippen molar-refractivity contribution in [3.63, 3.8) is 0 Å². The Balaban J connectivity index is 2.16. The van der Waals surface area contributed by atoms with Gasteiger partial charge >= 0.3 is 0 Å². The van der Waals surface area contributed by atoms with Crippen molar-refractivity contribution in [1.82, 2.24) is 4.90 Å². The summed E-state index contributed by atoms with van der Waals surface area (Å²) in [5, 5.41) is 0. The van der Waals surface area contributed by atoms with Crippen molar-refractivity contribution in [1.29, 1.82) is 0 Å². The Morgan fingerprint density at radius 2 is 1.83 bits per heavy atom. The van der Waals surface area contributed by atoms with E-state index in [0.29, 0.717) is 5.92 Å². The van der Waals surface area contributed by atoms with E-state index in [2.05, 4.69) is 48.0 Å². The van der Waals surface area contributed by atoms with E-state index in [4.69, 9.17) is 5.73 Å². The maximum Gasteiger partial charge on any atom is 0.0402 e. The molecule has 0 amide bonds. The van der Waals surface area contributed by atoms with Crippen molar-refractivity contribution in [2.75, 3.05) is 44.7 Å². The molecule has 0 spiro atoms. The first-order valence-electron chi connectivity index (χ1n) is 6.95. The monoisotopic (exact) mass is 247 g/mol. The van der Waals surface area contributed by atoms with Gasteiger partial charge in [-0.1, -0.05) is 25.1 Å². The van der Waals surface area contributed by atoms with Crippen molar-refractivity contribution in [2.24, 2.45) is 5.73 Å². The lowest BCUT2D eigenvalue weighted by Crippen LogP contribution is -2.44. The fourth-order valence-corrected chi connectivity index (χ4v) is 2.65. The first kappa shape index (κ1) is 13.4. The molecule has 2 N–H and O–H groups in total. The van der Waals surface area contributed by atoms with E-state index in [1.807, 2.05) is 0 Å². The highest BCUT2D eigenvalue weighted by atomic mass is 15.2. The van der Waals surface area contributed by atoms with Gasteiger partial charge in [0.15, 0.2) is 0 Å². The van der Waals surface area contributed by atoms with Crippen LogP contribution < -0.4 is 10.6 Å². The van der Waals surface area contributed by atoms with Crippen LogP contribution in [0.1, 0.15) is 24.8 Å². The van der Waals surface area contributed by atoms with Gasteiger partial charge in [0.1, 0.15) is 0 Å². The van der Waals surface area contributed by atoms with Crippen LogP contribution in [0.15, 0.2) is 24.3 Å². The van der Waals surface area contributed by atoms with Crippen molar-refractivity contribution in [3.05, 3.63) is 29.8 Å². The Hall–Kier alpha value is -1.06. The molecule has 0 aromatic heterocycles. The van der Waals surface area contributed by atoms with E-state index in [1.165, 1.54) is 11.3 Å². The van der Waals surface area contributed by atoms with Crippen LogP contribution in [0.2, 0.25) is 0 Å². The van der Waals surface area contributed by atoms with Crippen molar-refractivity contribution in [2.45, 2.75) is 19.3 Å². The molecule has 3 nitrogen and oxygen atoms in total. The molecule has 1 unspecified atom stereocenters. The second-order valence-electron chi connectivity index (χ2n) is 5.33. The predicted molar refractivity (Wildman–Crippen MR) is 78.2 cm³/mol. The number of para-hydroxylation sites is 1. The number of likely N-dealkylation sites (N-methyl/N-ethyl adjacent to an activating group) is 1. The van der Waals surface area contributed by atoms with Gasteiger partial charge in [0, 0.05) is 31.9 Å². The van der Waals surface area contributed by atoms with Gasteiger partial charge in [0.05, 0.1) is 0 Å². The molecule has 1 fully saturated rings. The molecule has 1 aromatic carbocycles. The Bertz CT molecular complexity index is 370. The van der Waals surface area contributed by atoms with Crippen molar-refractivity contribution in [3.8, 4) is 0 Å². The van der Waals surface area contributed by atoms with E-state index in [-0.39, 0.29) is 0 Å². The third-order valence-corrected chi connectivity index (χ3v) is 3.91. The second-order valence-corrected chi connectivity index (χ2v) is 5.33. The summed E-state index contributed by atoms with van der Waals surface area (Å²) in [7, 11) is 2.19. The number of hydrogen-bond donors (Lipinski definition) is 1. The summed E-state index contributed by atoms with van der Waals surface area (Å²) >= 11 is 0. The van der Waals surface area contributed by atoms with E-state index in [9.17, 15) is 0 Å². The summed E-state index contributed by atoms with van der Waals surface area (Å²) in [5.41, 5.74) is 8.55. The van der Waals surface area contributed by atoms with Crippen molar-refractivity contribution < 1.29 is 0 Å². The Morgan fingerprint density at radius 3 is 2.50 bits per heavy atom. The largest absolute Gasteiger partial charge is 0.369 e. The Morgan fingerprint density at radius 1 is 1.17 bits per heavy atom. The highest BCUT2D eigenvalue weighted by Crippen LogP contribution is 2.29. The molecule has 1 aliphatic heterocycles. The molecule has 0 saturated carbocycles. The predicted octanol–water partition coefficient (Wildman–Crippen LogP) is 1.89. The molecule has 2 rings (SSSR count). The molecule has 1 aromatic rings. The maximum atomic E-state index is 5.69. The number of rotatable bonds is 4. The van der Waals surface area contributed by atoms with Gasteiger partial charge in [0.25, 0.3) is 0 Å². The number of anilines is 1. The highest BCUT2D eigenvalue weighted by Gasteiger charge is 2.18. The van der Waals surface area contributed by atoms with Gasteiger partial charge in [-0.25, -0.2) is 0 Å². The molecule has 1 aliphatic rings. The third-order valence-electron chi connectivity index (χ3n) is 3.91. The van der Waals surface area contributed by atoms with Crippen LogP contribution in [-0.4, -0.2) is 44.7 Å². The first-order valence-corrected chi connectivity index (χ1v) is 6.95. The molecule has 18 heavy (non-hydrogen) atoms. The van der Waals surface area contributed by atoms with Gasteiger partial charge in [-0.3, -0.25) is 0 Å². The molecule has 0 radical (unpaired) electrons. The molecule has 1 saturated heterocycles. The quantitative estimate of drug-likeness (QED) is 0.882. The zero-order valence-corrected chi connectivity index (χ0v) is 11.6. The fourth-order valence-electron chi connectivity index (χ4n) is 2.65. The minimum atomic E-state index is 0.547. The van der Waals surface area contributed by atoms with Crippen LogP contribution >= 0.6 is 0 Å². The minimum absolute atomic E-state index is 0.547. The third kappa shape index (κ3) is 3.03. The van der Waals surface area contributed by atoms with Crippen molar-refractivity contribution >= 4 is 5.69 Å². The first-order chi connectivity index (χ1) is 8.72. The number of hydrogen-bond acceptors (Lipinski definition) is 3. The van der Waals surface area contributed by atoms with Crippen LogP contribution in [0, 0.1) is 0 Å². The molecule has 1 heterocycles. The van der Waals surface area contributed by atoms with E-state index >= 15 is 0 Å². The van der Waals surface area contributed by atoms with E-state index in [1.54, 1.807) is 0 Å². The molecule has 0 aliphatic carbocycles. The molecule has 100 valence electrons. The fraction of sp³-hybridized carbons (Fsp3) is 0.600. The second kappa shape index (κ2) is 6.21. The van der Waals surface area contributed by atoms with Crippen LogP contribution in [0.5, 0.6) is 0 Å². The SMILES string of the molecule is CC(CCN)c1ccccc1N1CCN(C)CC1. The minimum Gasteiger partial charge on any atom is -0.369 e. The van der Waals surface area contributed by atoms with Gasteiger partial charge in [-0.05, 0) is 37.6 Å². The lowest BCUT2D eigenvalue weighted by molar-refractivity contribution is 0.312. The van der Waals surface area contributed by atoms with E-state index in [0.717, 1.165) is 39.1 Å². The number of benzene rings is 1. The summed E-state index contributed by atoms with van der Waals surface area (Å²) < 4.78 is 0. The summed E-state index contributed by atoms with van der Waals surface area (Å²) in [6.45, 7) is 7.60. The Kier molecular flexibility index (Phi) is 4.61. The maximum absolute atomic E-state index is 5.69. The molecule has 0 bridgehead atoms. The smallest absolute Gasteiger partial charge is 0.0402 e. The standard InChI is InChI=1S/C15H25N3/c1-13(7-8-16)14-5-3-4-6-15(14)18-11-9-17(2)10-12-18/h3-6,13H,7-12,16H2,1-2H3. The average molecular weight is 247 g/mol. The van der Waals surface area contributed by atoms with Crippen LogP contribution in [0.4, 0.5) is 5.69 Å². The zero-order chi connectivity index (χ0) is 13.0. The van der Waals surface area contributed by atoms with Crippen LogP contribution in [0.3, 0.4) is 0 Å². The van der Waals surface area contributed by atoms with Gasteiger partial charge < -0.3 is 15.5 Å². The Labute approximate surface area is 111 Å². The number of piperazine rings is 1. The van der Waals surface area contributed by atoms with Gasteiger partial charge in [-0.15, -0.1) is 0 Å². The van der Waals surface area contributed by atoms with E-state index < -0.39 is 0 Å². The van der Waals surface area contributed by atoms with Gasteiger partial charge in [-0.2, -0.15) is 0 Å². The molecular formula is C15H25N3. The normalized spacial score (nSPS) is 18.9. The number of nitrogens with two attached hydrogens (primary N) is 1. The molecular weight excluding hydrogens is 222 g/mol. The van der Waals surface area contributed by atoms with Crippen LogP contribution in [-0.2, 0) is 0 Å². The molecule has 3 heteroatoms. The summed E-state index contributed by atoms with van der Waals surface area (Å²) in [6, 6.07) is 8.80. The summed E-state index contributed by atoms with van der Waals surface area (Å²) in [6.07, 6.45) is 1.06. The molecule has 1 atom stereocenters.